The number of hydrogen-bond acceptors (Lipinski definition) is 7. The van der Waals surface area contributed by atoms with Crippen LogP contribution in [0.4, 0.5) is 9.59 Å². The van der Waals surface area contributed by atoms with Crippen LogP contribution in [0.5, 0.6) is 0 Å². The molecule has 0 bridgehead atoms. The second-order valence-corrected chi connectivity index (χ2v) is 8.79. The van der Waals surface area contributed by atoms with Gasteiger partial charge in [-0.1, -0.05) is 6.08 Å². The summed E-state index contributed by atoms with van der Waals surface area (Å²) in [7, 11) is 3.09. The Morgan fingerprint density at radius 2 is 1.60 bits per heavy atom. The molecule has 9 heteroatoms. The number of carbonyl (C=O) groups is 3. The largest absolute Gasteiger partial charge is 0.465 e. The summed E-state index contributed by atoms with van der Waals surface area (Å²) in [4.78, 5) is 42.2. The van der Waals surface area contributed by atoms with Crippen molar-refractivity contribution in [3.8, 4) is 0 Å². The van der Waals surface area contributed by atoms with Gasteiger partial charge in [0.05, 0.1) is 24.7 Å². The van der Waals surface area contributed by atoms with Crippen molar-refractivity contribution in [3.63, 3.8) is 0 Å². The number of methoxy groups -OCH3 is 1. The first kappa shape index (κ1) is 25.2. The summed E-state index contributed by atoms with van der Waals surface area (Å²) in [5, 5.41) is 0. The van der Waals surface area contributed by atoms with E-state index in [1.165, 1.54) is 7.11 Å². The smallest absolute Gasteiger partial charge is 0.419 e. The molecule has 1 heterocycles. The molecule has 0 saturated carbocycles. The number of ether oxygens (including phenoxy) is 3. The molecular formula is C21H33N3O6. The molecule has 0 atom stereocenters. The predicted octanol–water partition coefficient (Wildman–Crippen LogP) is 3.93. The number of carbonyl (C=O) groups excluding carboxylic acids is 3. The van der Waals surface area contributed by atoms with Gasteiger partial charge >= 0.3 is 18.2 Å². The van der Waals surface area contributed by atoms with E-state index < -0.39 is 29.4 Å². The van der Waals surface area contributed by atoms with E-state index in [0.29, 0.717) is 24.1 Å². The molecular weight excluding hydrogens is 390 g/mol. The van der Waals surface area contributed by atoms with Gasteiger partial charge in [-0.25, -0.2) is 24.3 Å². The average molecular weight is 424 g/mol. The lowest BCUT2D eigenvalue weighted by Gasteiger charge is -2.28. The quantitative estimate of drug-likeness (QED) is 0.296. The molecule has 0 aliphatic carbocycles. The van der Waals surface area contributed by atoms with Crippen molar-refractivity contribution in [2.45, 2.75) is 65.6 Å². The van der Waals surface area contributed by atoms with E-state index in [1.54, 1.807) is 71.8 Å². The van der Waals surface area contributed by atoms with Crippen molar-refractivity contribution < 1.29 is 28.6 Å². The number of allylic oxidation sites excluding steroid dienone is 1. The molecule has 0 aliphatic heterocycles. The van der Waals surface area contributed by atoms with Crippen LogP contribution in [0.1, 0.15) is 60.1 Å². The van der Waals surface area contributed by atoms with E-state index >= 15 is 0 Å². The van der Waals surface area contributed by atoms with Gasteiger partial charge in [0.25, 0.3) is 0 Å². The first-order chi connectivity index (χ1) is 13.7. The van der Waals surface area contributed by atoms with Crippen LogP contribution < -0.4 is 0 Å². The lowest BCUT2D eigenvalue weighted by molar-refractivity contribution is -0.133. The van der Waals surface area contributed by atoms with Gasteiger partial charge in [0.2, 0.25) is 0 Å². The minimum atomic E-state index is -0.779. The van der Waals surface area contributed by atoms with Crippen LogP contribution >= 0.6 is 0 Å². The molecule has 0 radical (unpaired) electrons. The number of unbranched alkanes of at least 4 members (excludes halogenated alkanes) is 1. The number of imide groups is 1. The fraction of sp³-hybridized carbons (Fsp3) is 0.619. The summed E-state index contributed by atoms with van der Waals surface area (Å²) in [6.45, 7) is 10.4. The van der Waals surface area contributed by atoms with E-state index in [-0.39, 0.29) is 6.54 Å². The molecule has 9 nitrogen and oxygen atoms in total. The molecule has 1 rings (SSSR count). The highest BCUT2D eigenvalue weighted by Crippen LogP contribution is 2.17. The van der Waals surface area contributed by atoms with Gasteiger partial charge in [0, 0.05) is 19.8 Å². The third kappa shape index (κ3) is 8.67. The van der Waals surface area contributed by atoms with Gasteiger partial charge < -0.3 is 18.8 Å². The lowest BCUT2D eigenvalue weighted by Crippen LogP contribution is -2.44. The number of esters is 1. The van der Waals surface area contributed by atoms with Gasteiger partial charge in [0.15, 0.2) is 0 Å². The molecule has 0 aliphatic rings. The molecule has 0 saturated heterocycles. The number of nitrogens with zero attached hydrogens (tertiary/aromatic N) is 3. The summed E-state index contributed by atoms with van der Waals surface area (Å²) < 4.78 is 17.2. The maximum absolute atomic E-state index is 12.5. The summed E-state index contributed by atoms with van der Waals surface area (Å²) in [5.74, 6) is -0.509. The SMILES string of the molecule is COC(=O)/C(=C\CCCN(C(=O)OC(C)(C)C)C(=O)OC(C)(C)C)c1cn(C)cn1. The summed E-state index contributed by atoms with van der Waals surface area (Å²) in [6, 6.07) is 0. The Morgan fingerprint density at radius 1 is 1.07 bits per heavy atom. The molecule has 1 aromatic heterocycles. The number of aryl methyl sites for hydroxylation is 1. The normalized spacial score (nSPS) is 12.3. The minimum Gasteiger partial charge on any atom is -0.465 e. The summed E-state index contributed by atoms with van der Waals surface area (Å²) in [6.07, 6.45) is 4.21. The zero-order chi connectivity index (χ0) is 23.1. The van der Waals surface area contributed by atoms with Crippen molar-refractivity contribution in [1.82, 2.24) is 14.5 Å². The highest BCUT2D eigenvalue weighted by atomic mass is 16.6. The number of hydrogen-bond donors (Lipinski definition) is 0. The van der Waals surface area contributed by atoms with Crippen LogP contribution in [0.15, 0.2) is 18.6 Å². The maximum Gasteiger partial charge on any atom is 0.419 e. The average Bonchev–Trinajstić information content (AvgIpc) is 3.00. The number of amides is 2. The van der Waals surface area contributed by atoms with Gasteiger partial charge in [0.1, 0.15) is 11.2 Å². The Bertz CT molecular complexity index is 755. The van der Waals surface area contributed by atoms with Crippen molar-refractivity contribution in [2.75, 3.05) is 13.7 Å². The number of aromatic nitrogens is 2. The molecule has 0 N–H and O–H groups in total. The lowest BCUT2D eigenvalue weighted by atomic mass is 10.1. The number of imidazole rings is 1. The highest BCUT2D eigenvalue weighted by molar-refractivity contribution is 6.15. The first-order valence-corrected chi connectivity index (χ1v) is 9.74. The molecule has 168 valence electrons. The van der Waals surface area contributed by atoms with Gasteiger partial charge in [-0.3, -0.25) is 0 Å². The zero-order valence-corrected chi connectivity index (χ0v) is 19.1. The van der Waals surface area contributed by atoms with Crippen LogP contribution in [0.3, 0.4) is 0 Å². The molecule has 0 unspecified atom stereocenters. The Kier molecular flexibility index (Phi) is 8.62. The highest BCUT2D eigenvalue weighted by Gasteiger charge is 2.30. The Morgan fingerprint density at radius 3 is 2.00 bits per heavy atom. The second-order valence-electron chi connectivity index (χ2n) is 8.79. The van der Waals surface area contributed by atoms with E-state index in [1.807, 2.05) is 0 Å². The molecule has 0 spiro atoms. The third-order valence-corrected chi connectivity index (χ3v) is 3.55. The van der Waals surface area contributed by atoms with Crippen LogP contribution in [-0.4, -0.2) is 57.5 Å². The van der Waals surface area contributed by atoms with E-state index in [0.717, 1.165) is 4.90 Å². The second kappa shape index (κ2) is 10.3. The Labute approximate surface area is 178 Å². The maximum atomic E-state index is 12.5. The zero-order valence-electron chi connectivity index (χ0n) is 19.1. The van der Waals surface area contributed by atoms with Gasteiger partial charge in [-0.15, -0.1) is 0 Å². The molecule has 0 aromatic carbocycles. The summed E-state index contributed by atoms with van der Waals surface area (Å²) >= 11 is 0. The molecule has 1 aromatic rings. The van der Waals surface area contributed by atoms with Crippen molar-refractivity contribution >= 4 is 23.7 Å². The molecule has 30 heavy (non-hydrogen) atoms. The van der Waals surface area contributed by atoms with Crippen molar-refractivity contribution in [2.24, 2.45) is 7.05 Å². The molecule has 2 amide bonds. The van der Waals surface area contributed by atoms with Crippen LogP contribution in [0.25, 0.3) is 5.57 Å². The first-order valence-electron chi connectivity index (χ1n) is 9.74. The Hall–Kier alpha value is -2.84. The Balaban J connectivity index is 2.90. The monoisotopic (exact) mass is 423 g/mol. The fourth-order valence-corrected chi connectivity index (χ4v) is 2.34. The standard InChI is InChI=1S/C21H33N3O6/c1-20(2,3)29-18(26)24(19(27)30-21(4,5)6)12-10-9-11-15(17(25)28-8)16-13-23(7)14-22-16/h11,13-14H,9-10,12H2,1-8H3/b15-11-. The van der Waals surface area contributed by atoms with E-state index in [4.69, 9.17) is 14.2 Å². The topological polar surface area (TPSA) is 100.0 Å². The molecule has 0 fully saturated rings. The number of rotatable bonds is 6. The van der Waals surface area contributed by atoms with Crippen LogP contribution in [0, 0.1) is 0 Å². The third-order valence-electron chi connectivity index (χ3n) is 3.55. The van der Waals surface area contributed by atoms with Crippen molar-refractivity contribution in [1.29, 1.82) is 0 Å². The van der Waals surface area contributed by atoms with Crippen LogP contribution in [0.2, 0.25) is 0 Å². The van der Waals surface area contributed by atoms with Gasteiger partial charge in [-0.05, 0) is 54.4 Å². The minimum absolute atomic E-state index is 0.0665. The van der Waals surface area contributed by atoms with E-state index in [2.05, 4.69) is 4.98 Å². The predicted molar refractivity (Wildman–Crippen MR) is 112 cm³/mol. The van der Waals surface area contributed by atoms with E-state index in [9.17, 15) is 14.4 Å². The van der Waals surface area contributed by atoms with Gasteiger partial charge in [-0.2, -0.15) is 0 Å². The van der Waals surface area contributed by atoms with Crippen molar-refractivity contribution in [3.05, 3.63) is 24.3 Å². The fourth-order valence-electron chi connectivity index (χ4n) is 2.34. The van der Waals surface area contributed by atoms with Crippen LogP contribution in [-0.2, 0) is 26.1 Å². The summed E-state index contributed by atoms with van der Waals surface area (Å²) in [5.41, 5.74) is -0.706.